The third-order valence-electron chi connectivity index (χ3n) is 3.25. The summed E-state index contributed by atoms with van der Waals surface area (Å²) in [4.78, 5) is 15.4. The lowest BCUT2D eigenvalue weighted by atomic mass is 10.1. The summed E-state index contributed by atoms with van der Waals surface area (Å²) in [5.41, 5.74) is 5.37. The van der Waals surface area contributed by atoms with Gasteiger partial charge in [0.05, 0.1) is 0 Å². The van der Waals surface area contributed by atoms with Gasteiger partial charge in [-0.2, -0.15) is 0 Å². The molecule has 1 heterocycles. The molecule has 2 atom stereocenters. The van der Waals surface area contributed by atoms with Gasteiger partial charge in [0.1, 0.15) is 12.9 Å². The molecule has 1 aliphatic carbocycles. The Balaban J connectivity index is 1.71. The largest absolute Gasteiger partial charge is 0.367 e. The summed E-state index contributed by atoms with van der Waals surface area (Å²) in [6, 6.07) is 0. The predicted molar refractivity (Wildman–Crippen MR) is 63.9 cm³/mol. The van der Waals surface area contributed by atoms with Crippen LogP contribution in [0.15, 0.2) is 6.33 Å². The van der Waals surface area contributed by atoms with Gasteiger partial charge in [-0.25, -0.2) is 9.67 Å². The first-order chi connectivity index (χ1) is 8.13. The Morgan fingerprint density at radius 1 is 1.65 bits per heavy atom. The van der Waals surface area contributed by atoms with Crippen LogP contribution in [-0.2, 0) is 11.3 Å². The number of aromatic nitrogens is 3. The highest BCUT2D eigenvalue weighted by Crippen LogP contribution is 2.29. The first-order valence-corrected chi connectivity index (χ1v) is 6.05. The molecule has 0 spiro atoms. The number of nitrogen functional groups attached to an aromatic ring is 1. The Hall–Kier alpha value is -1.59. The molecule has 1 aromatic rings. The highest BCUT2D eigenvalue weighted by atomic mass is 16.2. The van der Waals surface area contributed by atoms with E-state index < -0.39 is 0 Å². The fourth-order valence-corrected chi connectivity index (χ4v) is 2.36. The van der Waals surface area contributed by atoms with E-state index >= 15 is 0 Å². The minimum Gasteiger partial charge on any atom is -0.367 e. The number of nitrogens with one attached hydrogen (secondary N) is 1. The van der Waals surface area contributed by atoms with Crippen molar-refractivity contribution in [3.8, 4) is 0 Å². The van der Waals surface area contributed by atoms with Crippen LogP contribution in [0.2, 0.25) is 0 Å². The van der Waals surface area contributed by atoms with Crippen molar-refractivity contribution in [2.75, 3.05) is 12.3 Å². The Kier molecular flexibility index (Phi) is 3.61. The van der Waals surface area contributed by atoms with E-state index in [1.165, 1.54) is 30.3 Å². The molecule has 6 heteroatoms. The van der Waals surface area contributed by atoms with E-state index in [2.05, 4.69) is 22.3 Å². The van der Waals surface area contributed by atoms with Crippen molar-refractivity contribution in [1.29, 1.82) is 0 Å². The normalized spacial score (nSPS) is 23.8. The van der Waals surface area contributed by atoms with E-state index in [4.69, 9.17) is 5.73 Å². The van der Waals surface area contributed by atoms with E-state index in [1.54, 1.807) is 0 Å². The molecular weight excluding hydrogens is 218 g/mol. The number of nitrogens with two attached hydrogens (primary N) is 1. The predicted octanol–water partition coefficient (Wildman–Crippen LogP) is 0.413. The number of anilines is 1. The maximum atomic E-state index is 11.6. The van der Waals surface area contributed by atoms with Crippen molar-refractivity contribution in [2.24, 2.45) is 11.8 Å². The molecule has 0 saturated heterocycles. The van der Waals surface area contributed by atoms with Crippen molar-refractivity contribution < 1.29 is 4.79 Å². The number of carbonyl (C=O) groups excluding carboxylic acids is 1. The Bertz CT molecular complexity index is 389. The summed E-state index contributed by atoms with van der Waals surface area (Å²) in [6.07, 6.45) is 5.18. The molecule has 17 heavy (non-hydrogen) atoms. The molecule has 1 saturated carbocycles. The lowest BCUT2D eigenvalue weighted by Crippen LogP contribution is -2.31. The van der Waals surface area contributed by atoms with Crippen molar-refractivity contribution >= 4 is 11.9 Å². The molecule has 1 fully saturated rings. The SMILES string of the molecule is CC1CCC(CNC(=O)Cn2cnc(N)n2)C1. The highest BCUT2D eigenvalue weighted by molar-refractivity contribution is 5.75. The van der Waals surface area contributed by atoms with Gasteiger partial charge >= 0.3 is 0 Å². The lowest BCUT2D eigenvalue weighted by Gasteiger charge is -2.10. The second-order valence-electron chi connectivity index (χ2n) is 4.89. The van der Waals surface area contributed by atoms with Gasteiger partial charge in [0.2, 0.25) is 11.9 Å². The first-order valence-electron chi connectivity index (χ1n) is 6.05. The Morgan fingerprint density at radius 3 is 3.06 bits per heavy atom. The summed E-state index contributed by atoms with van der Waals surface area (Å²) in [6.45, 7) is 3.22. The molecule has 0 bridgehead atoms. The van der Waals surface area contributed by atoms with Crippen molar-refractivity contribution in [1.82, 2.24) is 20.1 Å². The van der Waals surface area contributed by atoms with Crippen molar-refractivity contribution in [3.05, 3.63) is 6.33 Å². The summed E-state index contributed by atoms with van der Waals surface area (Å²) in [5, 5.41) is 6.80. The van der Waals surface area contributed by atoms with Gasteiger partial charge in [0.25, 0.3) is 0 Å². The fraction of sp³-hybridized carbons (Fsp3) is 0.727. The van der Waals surface area contributed by atoms with Crippen LogP contribution < -0.4 is 11.1 Å². The zero-order valence-electron chi connectivity index (χ0n) is 10.1. The van der Waals surface area contributed by atoms with Gasteiger partial charge in [-0.05, 0) is 24.7 Å². The average Bonchev–Trinajstić information content (AvgIpc) is 2.85. The number of nitrogens with zero attached hydrogens (tertiary/aromatic N) is 3. The van der Waals surface area contributed by atoms with E-state index in [9.17, 15) is 4.79 Å². The van der Waals surface area contributed by atoms with Crippen LogP contribution in [0, 0.1) is 11.8 Å². The van der Waals surface area contributed by atoms with Gasteiger partial charge in [-0.15, -0.1) is 5.10 Å². The molecule has 0 aromatic carbocycles. The van der Waals surface area contributed by atoms with E-state index in [0.717, 1.165) is 12.5 Å². The van der Waals surface area contributed by atoms with Crippen molar-refractivity contribution in [3.63, 3.8) is 0 Å². The first kappa shape index (κ1) is 11.9. The monoisotopic (exact) mass is 237 g/mol. The zero-order valence-corrected chi connectivity index (χ0v) is 10.1. The quantitative estimate of drug-likeness (QED) is 0.794. The molecule has 6 nitrogen and oxygen atoms in total. The summed E-state index contributed by atoms with van der Waals surface area (Å²) >= 11 is 0. The van der Waals surface area contributed by atoms with Crippen LogP contribution in [0.5, 0.6) is 0 Å². The number of carbonyl (C=O) groups is 1. The van der Waals surface area contributed by atoms with Gasteiger partial charge in [-0.3, -0.25) is 4.79 Å². The molecule has 94 valence electrons. The fourth-order valence-electron chi connectivity index (χ4n) is 2.36. The van der Waals surface area contributed by atoms with Crippen LogP contribution in [0.25, 0.3) is 0 Å². The third kappa shape index (κ3) is 3.44. The van der Waals surface area contributed by atoms with Crippen LogP contribution in [0.4, 0.5) is 5.95 Å². The van der Waals surface area contributed by atoms with Gasteiger partial charge in [-0.1, -0.05) is 13.3 Å². The van der Waals surface area contributed by atoms with E-state index in [1.807, 2.05) is 0 Å². The lowest BCUT2D eigenvalue weighted by molar-refractivity contribution is -0.122. The molecule has 2 unspecified atom stereocenters. The maximum absolute atomic E-state index is 11.6. The molecule has 0 radical (unpaired) electrons. The third-order valence-corrected chi connectivity index (χ3v) is 3.25. The number of amides is 1. The zero-order chi connectivity index (χ0) is 12.3. The molecule has 0 aliphatic heterocycles. The van der Waals surface area contributed by atoms with Gasteiger partial charge in [0.15, 0.2) is 0 Å². The number of rotatable bonds is 4. The maximum Gasteiger partial charge on any atom is 0.241 e. The standard InChI is InChI=1S/C11H19N5O/c1-8-2-3-9(4-8)5-13-10(17)6-16-7-14-11(12)15-16/h7-9H,2-6H2,1H3,(H2,12,15)(H,13,17). The molecule has 2 rings (SSSR count). The minimum absolute atomic E-state index is 0.0329. The number of hydrogen-bond donors (Lipinski definition) is 2. The van der Waals surface area contributed by atoms with Crippen LogP contribution in [-0.4, -0.2) is 27.2 Å². The summed E-state index contributed by atoms with van der Waals surface area (Å²) in [5.74, 6) is 1.60. The molecule has 1 aromatic heterocycles. The van der Waals surface area contributed by atoms with E-state index in [-0.39, 0.29) is 18.4 Å². The highest BCUT2D eigenvalue weighted by Gasteiger charge is 2.21. The van der Waals surface area contributed by atoms with E-state index in [0.29, 0.717) is 5.92 Å². The average molecular weight is 237 g/mol. The molecule has 1 aliphatic rings. The van der Waals surface area contributed by atoms with Crippen molar-refractivity contribution in [2.45, 2.75) is 32.7 Å². The minimum atomic E-state index is -0.0329. The second kappa shape index (κ2) is 5.16. The second-order valence-corrected chi connectivity index (χ2v) is 4.89. The number of hydrogen-bond acceptors (Lipinski definition) is 4. The Morgan fingerprint density at radius 2 is 2.47 bits per heavy atom. The smallest absolute Gasteiger partial charge is 0.241 e. The molecule has 3 N–H and O–H groups in total. The van der Waals surface area contributed by atoms with Crippen LogP contribution in [0.1, 0.15) is 26.2 Å². The Labute approximate surface area is 101 Å². The summed E-state index contributed by atoms with van der Waals surface area (Å²) < 4.78 is 1.45. The summed E-state index contributed by atoms with van der Waals surface area (Å²) in [7, 11) is 0. The molecular formula is C11H19N5O. The van der Waals surface area contributed by atoms with Crippen LogP contribution in [0.3, 0.4) is 0 Å². The molecule has 1 amide bonds. The topological polar surface area (TPSA) is 85.8 Å². The van der Waals surface area contributed by atoms with Gasteiger partial charge in [0, 0.05) is 6.54 Å². The van der Waals surface area contributed by atoms with Crippen LogP contribution >= 0.6 is 0 Å². The van der Waals surface area contributed by atoms with Gasteiger partial charge < -0.3 is 11.1 Å².